The average molecular weight is 357 g/mol. The number of aliphatic hydroxyl groups is 2. The molecule has 0 saturated carbocycles. The number of hydrogen-bond donors (Lipinski definition) is 3. The highest BCUT2D eigenvalue weighted by molar-refractivity contribution is 5.77. The molecule has 136 valence electrons. The Bertz CT molecular complexity index is 1010. The van der Waals surface area contributed by atoms with Crippen LogP contribution in [0, 0.1) is 0 Å². The van der Waals surface area contributed by atoms with E-state index in [0.29, 0.717) is 11.5 Å². The molecule has 0 bridgehead atoms. The van der Waals surface area contributed by atoms with E-state index in [9.17, 15) is 15.0 Å². The molecular weight excluding hydrogens is 338 g/mol. The topological polar surface area (TPSA) is 128 Å². The summed E-state index contributed by atoms with van der Waals surface area (Å²) in [7, 11) is 1.53. The lowest BCUT2D eigenvalue weighted by Gasteiger charge is -2.17. The van der Waals surface area contributed by atoms with Crippen molar-refractivity contribution < 1.29 is 14.9 Å². The maximum atomic E-state index is 12.6. The van der Waals surface area contributed by atoms with Crippen LogP contribution >= 0.6 is 0 Å². The normalized spacial score (nSPS) is 23.0. The molecule has 0 radical (unpaired) electrons. The number of nitrogen functional groups attached to an aromatic ring is 1. The summed E-state index contributed by atoms with van der Waals surface area (Å²) in [5.41, 5.74) is 6.74. The van der Waals surface area contributed by atoms with Gasteiger partial charge in [0.2, 0.25) is 5.95 Å². The summed E-state index contributed by atoms with van der Waals surface area (Å²) in [6.07, 6.45) is -1.91. The van der Waals surface area contributed by atoms with E-state index in [2.05, 4.69) is 9.97 Å². The first-order chi connectivity index (χ1) is 12.5. The molecule has 1 saturated heterocycles. The van der Waals surface area contributed by atoms with E-state index < -0.39 is 18.4 Å². The van der Waals surface area contributed by atoms with Crippen LogP contribution in [0.3, 0.4) is 0 Å². The van der Waals surface area contributed by atoms with Crippen molar-refractivity contribution >= 4 is 17.1 Å². The number of anilines is 1. The number of benzene rings is 1. The van der Waals surface area contributed by atoms with Crippen molar-refractivity contribution in [1.29, 1.82) is 0 Å². The summed E-state index contributed by atoms with van der Waals surface area (Å²) in [6, 6.07) is 9.32. The second kappa shape index (κ2) is 6.20. The SMILES string of the molecule is Cn1c(N)nc2c(nc(-c3ccccc3)n2[C@H]2C[C@H](O)[C@@H](CO)O2)c1=O. The minimum atomic E-state index is -0.824. The highest BCUT2D eigenvalue weighted by Crippen LogP contribution is 2.35. The molecule has 3 atom stereocenters. The van der Waals surface area contributed by atoms with Crippen molar-refractivity contribution in [3.8, 4) is 11.4 Å². The van der Waals surface area contributed by atoms with Gasteiger partial charge in [0.05, 0.1) is 12.7 Å². The Morgan fingerprint density at radius 3 is 2.69 bits per heavy atom. The second-order valence-electron chi connectivity index (χ2n) is 6.29. The van der Waals surface area contributed by atoms with Crippen molar-refractivity contribution in [1.82, 2.24) is 19.1 Å². The van der Waals surface area contributed by atoms with Gasteiger partial charge in [0.25, 0.3) is 5.56 Å². The first-order valence-electron chi connectivity index (χ1n) is 8.25. The van der Waals surface area contributed by atoms with Gasteiger partial charge in [0.1, 0.15) is 18.2 Å². The van der Waals surface area contributed by atoms with Crippen molar-refractivity contribution in [3.63, 3.8) is 0 Å². The van der Waals surface area contributed by atoms with E-state index in [4.69, 9.17) is 10.5 Å². The Balaban J connectivity index is 1.98. The second-order valence-corrected chi connectivity index (χ2v) is 6.29. The van der Waals surface area contributed by atoms with Crippen LogP contribution in [0.1, 0.15) is 12.6 Å². The molecule has 0 aliphatic carbocycles. The fraction of sp³-hybridized carbons (Fsp3) is 0.353. The van der Waals surface area contributed by atoms with Gasteiger partial charge in [-0.1, -0.05) is 30.3 Å². The van der Waals surface area contributed by atoms with Crippen LogP contribution in [0.2, 0.25) is 0 Å². The highest BCUT2D eigenvalue weighted by atomic mass is 16.5. The monoisotopic (exact) mass is 357 g/mol. The molecule has 9 heteroatoms. The number of ether oxygens (including phenoxy) is 1. The zero-order valence-electron chi connectivity index (χ0n) is 14.1. The van der Waals surface area contributed by atoms with Crippen LogP contribution in [0.4, 0.5) is 5.95 Å². The highest BCUT2D eigenvalue weighted by Gasteiger charge is 2.37. The van der Waals surface area contributed by atoms with E-state index in [1.54, 1.807) is 4.57 Å². The van der Waals surface area contributed by atoms with Gasteiger partial charge >= 0.3 is 0 Å². The lowest BCUT2D eigenvalue weighted by molar-refractivity contribution is -0.0426. The van der Waals surface area contributed by atoms with Gasteiger partial charge in [-0.15, -0.1) is 0 Å². The third-order valence-corrected chi connectivity index (χ3v) is 4.66. The maximum Gasteiger partial charge on any atom is 0.282 e. The van der Waals surface area contributed by atoms with Crippen molar-refractivity contribution in [2.75, 3.05) is 12.3 Å². The molecule has 4 N–H and O–H groups in total. The van der Waals surface area contributed by atoms with Crippen molar-refractivity contribution in [3.05, 3.63) is 40.7 Å². The van der Waals surface area contributed by atoms with Crippen LogP contribution in [-0.4, -0.2) is 48.1 Å². The molecule has 3 aromatic rings. The molecule has 1 fully saturated rings. The van der Waals surface area contributed by atoms with Crippen LogP contribution in [0.5, 0.6) is 0 Å². The molecule has 4 rings (SSSR count). The molecule has 9 nitrogen and oxygen atoms in total. The number of aromatic nitrogens is 4. The molecule has 26 heavy (non-hydrogen) atoms. The summed E-state index contributed by atoms with van der Waals surface area (Å²) in [4.78, 5) is 21.4. The number of aliphatic hydroxyl groups excluding tert-OH is 2. The van der Waals surface area contributed by atoms with E-state index in [-0.39, 0.29) is 30.1 Å². The maximum absolute atomic E-state index is 12.6. The summed E-state index contributed by atoms with van der Waals surface area (Å²) >= 11 is 0. The molecule has 1 aromatic carbocycles. The van der Waals surface area contributed by atoms with E-state index >= 15 is 0 Å². The third kappa shape index (κ3) is 2.48. The lowest BCUT2D eigenvalue weighted by Crippen LogP contribution is -2.24. The minimum absolute atomic E-state index is 0.0560. The summed E-state index contributed by atoms with van der Waals surface area (Å²) in [6.45, 7) is -0.303. The number of nitrogens with two attached hydrogens (primary N) is 1. The molecule has 0 spiro atoms. The summed E-state index contributed by atoms with van der Waals surface area (Å²) in [5.74, 6) is 0.548. The smallest absolute Gasteiger partial charge is 0.282 e. The molecule has 1 aliphatic heterocycles. The zero-order chi connectivity index (χ0) is 18.4. The fourth-order valence-corrected chi connectivity index (χ4v) is 3.22. The Morgan fingerprint density at radius 1 is 1.31 bits per heavy atom. The Labute approximate surface area is 148 Å². The van der Waals surface area contributed by atoms with Gasteiger partial charge in [-0.3, -0.25) is 13.9 Å². The van der Waals surface area contributed by atoms with Gasteiger partial charge in [0, 0.05) is 19.0 Å². The lowest BCUT2D eigenvalue weighted by atomic mass is 10.2. The Hall–Kier alpha value is -2.75. The Kier molecular flexibility index (Phi) is 3.98. The van der Waals surface area contributed by atoms with Crippen LogP contribution in [0.25, 0.3) is 22.6 Å². The standard InChI is InChI=1S/C17H19N5O4/c1-21-16(25)13-15(20-17(21)18)22(12-7-10(24)11(8-23)26-12)14(19-13)9-5-3-2-4-6-9/h2-6,10-12,23-24H,7-8H2,1H3,(H2,18,20)/t10-,11+,12+/m0/s1. The van der Waals surface area contributed by atoms with Crippen LogP contribution < -0.4 is 11.3 Å². The van der Waals surface area contributed by atoms with Gasteiger partial charge in [-0.25, -0.2) is 4.98 Å². The third-order valence-electron chi connectivity index (χ3n) is 4.66. The quantitative estimate of drug-likeness (QED) is 0.603. The molecule has 3 heterocycles. The van der Waals surface area contributed by atoms with Crippen LogP contribution in [0.15, 0.2) is 35.1 Å². The number of rotatable bonds is 3. The number of imidazole rings is 1. The summed E-state index contributed by atoms with van der Waals surface area (Å²) < 4.78 is 8.68. The van der Waals surface area contributed by atoms with Gasteiger partial charge in [-0.05, 0) is 0 Å². The van der Waals surface area contributed by atoms with E-state index in [1.165, 1.54) is 11.6 Å². The van der Waals surface area contributed by atoms with Gasteiger partial charge < -0.3 is 20.7 Å². The van der Waals surface area contributed by atoms with E-state index in [0.717, 1.165) is 5.56 Å². The first kappa shape index (κ1) is 16.7. The molecule has 0 amide bonds. The Morgan fingerprint density at radius 2 is 2.04 bits per heavy atom. The first-order valence-corrected chi connectivity index (χ1v) is 8.25. The predicted molar refractivity (Wildman–Crippen MR) is 94.2 cm³/mol. The van der Waals surface area contributed by atoms with E-state index in [1.807, 2.05) is 30.3 Å². The minimum Gasteiger partial charge on any atom is -0.394 e. The predicted octanol–water partition coefficient (Wildman–Crippen LogP) is 0.0199. The van der Waals surface area contributed by atoms with Crippen molar-refractivity contribution in [2.24, 2.45) is 7.05 Å². The fourth-order valence-electron chi connectivity index (χ4n) is 3.22. The number of nitrogens with zero attached hydrogens (tertiary/aromatic N) is 4. The van der Waals surface area contributed by atoms with Gasteiger partial charge in [0.15, 0.2) is 11.2 Å². The molecule has 1 aliphatic rings. The summed E-state index contributed by atoms with van der Waals surface area (Å²) in [5, 5.41) is 19.5. The van der Waals surface area contributed by atoms with Crippen molar-refractivity contribution in [2.45, 2.75) is 24.9 Å². The largest absolute Gasteiger partial charge is 0.394 e. The number of fused-ring (bicyclic) bond motifs is 1. The molecule has 0 unspecified atom stereocenters. The average Bonchev–Trinajstić information content (AvgIpc) is 3.20. The molecule has 2 aromatic heterocycles. The molecular formula is C17H19N5O4. The number of hydrogen-bond acceptors (Lipinski definition) is 7. The van der Waals surface area contributed by atoms with Crippen LogP contribution in [-0.2, 0) is 11.8 Å². The van der Waals surface area contributed by atoms with Gasteiger partial charge in [-0.2, -0.15) is 4.98 Å². The zero-order valence-corrected chi connectivity index (χ0v) is 14.1.